The molecular weight excluding hydrogens is 332 g/mol. The second kappa shape index (κ2) is 6.93. The first-order chi connectivity index (χ1) is 12.2. The van der Waals surface area contributed by atoms with Crippen LogP contribution in [0.4, 0.5) is 10.6 Å². The normalized spacial score (nSPS) is 17.4. The number of alkyl carbamates (subject to hydrolysis) is 1. The standard InChI is InChI=1S/C18H26N6O2/c1-12-8-13(2)24(22-12)16-10-19-9-15(21-16)23-7-6-14(11-23)20-17(25)26-18(3,4)5/h8-10,14H,6-7,11H2,1-5H3,(H,20,25). The van der Waals surface area contributed by atoms with E-state index in [1.54, 1.807) is 17.1 Å². The second-order valence-electron chi connectivity index (χ2n) is 7.65. The molecular formula is C18H26N6O2. The maximum atomic E-state index is 11.9. The molecule has 0 radical (unpaired) electrons. The van der Waals surface area contributed by atoms with Gasteiger partial charge in [-0.25, -0.2) is 14.5 Å². The van der Waals surface area contributed by atoms with Crippen LogP contribution in [-0.4, -0.2) is 50.6 Å². The lowest BCUT2D eigenvalue weighted by Crippen LogP contribution is -2.40. The number of ether oxygens (including phenoxy) is 1. The van der Waals surface area contributed by atoms with Crippen LogP contribution < -0.4 is 10.2 Å². The zero-order chi connectivity index (χ0) is 18.9. The number of nitrogens with zero attached hydrogens (tertiary/aromatic N) is 5. The maximum Gasteiger partial charge on any atom is 0.407 e. The molecule has 1 aliphatic heterocycles. The molecule has 8 heteroatoms. The van der Waals surface area contributed by atoms with Gasteiger partial charge in [-0.15, -0.1) is 0 Å². The number of rotatable bonds is 3. The van der Waals surface area contributed by atoms with Gasteiger partial charge in [0, 0.05) is 18.8 Å². The molecule has 1 fully saturated rings. The minimum atomic E-state index is -0.498. The Bertz CT molecular complexity index is 795. The molecule has 3 heterocycles. The fourth-order valence-electron chi connectivity index (χ4n) is 3.02. The van der Waals surface area contributed by atoms with E-state index in [-0.39, 0.29) is 12.1 Å². The lowest BCUT2D eigenvalue weighted by molar-refractivity contribution is 0.0509. The molecule has 1 amide bonds. The molecule has 2 aromatic rings. The quantitative estimate of drug-likeness (QED) is 0.907. The lowest BCUT2D eigenvalue weighted by atomic mass is 10.2. The first-order valence-corrected chi connectivity index (χ1v) is 8.81. The van der Waals surface area contributed by atoms with E-state index in [0.717, 1.165) is 30.2 Å². The zero-order valence-corrected chi connectivity index (χ0v) is 16.0. The van der Waals surface area contributed by atoms with Crippen molar-refractivity contribution in [2.24, 2.45) is 0 Å². The number of hydrogen-bond donors (Lipinski definition) is 1. The Morgan fingerprint density at radius 1 is 1.27 bits per heavy atom. The average Bonchev–Trinajstić information content (AvgIpc) is 3.12. The van der Waals surface area contributed by atoms with Crippen LogP contribution in [0.5, 0.6) is 0 Å². The number of nitrogens with one attached hydrogen (secondary N) is 1. The van der Waals surface area contributed by atoms with E-state index in [1.165, 1.54) is 0 Å². The van der Waals surface area contributed by atoms with Crippen LogP contribution >= 0.6 is 0 Å². The number of hydrogen-bond acceptors (Lipinski definition) is 6. The molecule has 1 saturated heterocycles. The lowest BCUT2D eigenvalue weighted by Gasteiger charge is -2.22. The van der Waals surface area contributed by atoms with Gasteiger partial charge in [-0.2, -0.15) is 5.10 Å². The van der Waals surface area contributed by atoms with Crippen molar-refractivity contribution in [1.82, 2.24) is 25.1 Å². The summed E-state index contributed by atoms with van der Waals surface area (Å²) >= 11 is 0. The Balaban J connectivity index is 1.67. The largest absolute Gasteiger partial charge is 0.444 e. The van der Waals surface area contributed by atoms with E-state index < -0.39 is 5.60 Å². The van der Waals surface area contributed by atoms with Crippen LogP contribution in [-0.2, 0) is 4.74 Å². The molecule has 0 aromatic carbocycles. The van der Waals surface area contributed by atoms with E-state index in [1.807, 2.05) is 40.7 Å². The minimum absolute atomic E-state index is 0.0315. The summed E-state index contributed by atoms with van der Waals surface area (Å²) < 4.78 is 7.11. The van der Waals surface area contributed by atoms with E-state index in [9.17, 15) is 4.79 Å². The number of carbonyl (C=O) groups excluding carboxylic acids is 1. The van der Waals surface area contributed by atoms with Crippen molar-refractivity contribution in [2.45, 2.75) is 52.7 Å². The monoisotopic (exact) mass is 358 g/mol. The van der Waals surface area contributed by atoms with Gasteiger partial charge in [0.05, 0.1) is 24.1 Å². The molecule has 0 saturated carbocycles. The predicted octanol–water partition coefficient (Wildman–Crippen LogP) is 2.38. The maximum absolute atomic E-state index is 11.9. The third kappa shape index (κ3) is 4.30. The molecule has 0 spiro atoms. The van der Waals surface area contributed by atoms with Crippen LogP contribution in [0, 0.1) is 13.8 Å². The summed E-state index contributed by atoms with van der Waals surface area (Å²) in [6.45, 7) is 11.0. The van der Waals surface area contributed by atoms with Crippen molar-refractivity contribution in [2.75, 3.05) is 18.0 Å². The smallest absolute Gasteiger partial charge is 0.407 e. The van der Waals surface area contributed by atoms with Crippen LogP contribution in [0.25, 0.3) is 5.82 Å². The van der Waals surface area contributed by atoms with E-state index in [0.29, 0.717) is 12.4 Å². The van der Waals surface area contributed by atoms with Crippen LogP contribution in [0.15, 0.2) is 18.5 Å². The summed E-state index contributed by atoms with van der Waals surface area (Å²) in [5.74, 6) is 1.47. The second-order valence-corrected chi connectivity index (χ2v) is 7.65. The molecule has 0 bridgehead atoms. The molecule has 0 aliphatic carbocycles. The Morgan fingerprint density at radius 3 is 2.65 bits per heavy atom. The average molecular weight is 358 g/mol. The van der Waals surface area contributed by atoms with Gasteiger partial charge < -0.3 is 15.0 Å². The molecule has 1 aliphatic rings. The highest BCUT2D eigenvalue weighted by Gasteiger charge is 2.27. The van der Waals surface area contributed by atoms with Gasteiger partial charge in [-0.1, -0.05) is 0 Å². The summed E-state index contributed by atoms with van der Waals surface area (Å²) in [6, 6.07) is 2.04. The van der Waals surface area contributed by atoms with Gasteiger partial charge in [-0.05, 0) is 47.1 Å². The summed E-state index contributed by atoms with van der Waals surface area (Å²) in [5, 5.41) is 7.38. The number of carbonyl (C=O) groups is 1. The number of aromatic nitrogens is 4. The Labute approximate surface area is 153 Å². The van der Waals surface area contributed by atoms with Crippen LogP contribution in [0.1, 0.15) is 38.6 Å². The third-order valence-electron chi connectivity index (χ3n) is 4.07. The summed E-state index contributed by atoms with van der Waals surface area (Å²) in [4.78, 5) is 23.1. The van der Waals surface area contributed by atoms with Crippen LogP contribution in [0.3, 0.4) is 0 Å². The third-order valence-corrected chi connectivity index (χ3v) is 4.07. The molecule has 1 unspecified atom stereocenters. The number of aryl methyl sites for hydroxylation is 2. The summed E-state index contributed by atoms with van der Waals surface area (Å²) in [5.41, 5.74) is 1.46. The van der Waals surface area contributed by atoms with Crippen molar-refractivity contribution in [1.29, 1.82) is 0 Å². The molecule has 26 heavy (non-hydrogen) atoms. The SMILES string of the molecule is Cc1cc(C)n(-c2cncc(N3CCC(NC(=O)OC(C)(C)C)C3)n2)n1. The molecule has 140 valence electrons. The molecule has 1 atom stereocenters. The molecule has 3 rings (SSSR count). The fourth-order valence-corrected chi connectivity index (χ4v) is 3.02. The van der Waals surface area contributed by atoms with Gasteiger partial charge in [-0.3, -0.25) is 4.98 Å². The van der Waals surface area contributed by atoms with E-state index in [4.69, 9.17) is 9.72 Å². The molecule has 2 aromatic heterocycles. The summed E-state index contributed by atoms with van der Waals surface area (Å²) in [6.07, 6.45) is 3.90. The van der Waals surface area contributed by atoms with Crippen molar-refractivity contribution in [3.63, 3.8) is 0 Å². The van der Waals surface area contributed by atoms with Gasteiger partial charge in [0.15, 0.2) is 5.82 Å². The Kier molecular flexibility index (Phi) is 4.84. The van der Waals surface area contributed by atoms with Crippen LogP contribution in [0.2, 0.25) is 0 Å². The zero-order valence-electron chi connectivity index (χ0n) is 16.0. The highest BCUT2D eigenvalue weighted by molar-refractivity contribution is 5.68. The highest BCUT2D eigenvalue weighted by Crippen LogP contribution is 2.19. The minimum Gasteiger partial charge on any atom is -0.444 e. The van der Waals surface area contributed by atoms with Gasteiger partial charge in [0.1, 0.15) is 11.4 Å². The Morgan fingerprint density at radius 2 is 2.00 bits per heavy atom. The molecule has 1 N–H and O–H groups in total. The number of anilines is 1. The number of amides is 1. The highest BCUT2D eigenvalue weighted by atomic mass is 16.6. The van der Waals surface area contributed by atoms with E-state index >= 15 is 0 Å². The van der Waals surface area contributed by atoms with Gasteiger partial charge in [0.2, 0.25) is 0 Å². The van der Waals surface area contributed by atoms with Gasteiger partial charge in [0.25, 0.3) is 0 Å². The fraction of sp³-hybridized carbons (Fsp3) is 0.556. The predicted molar refractivity (Wildman–Crippen MR) is 98.6 cm³/mol. The van der Waals surface area contributed by atoms with Crippen molar-refractivity contribution < 1.29 is 9.53 Å². The van der Waals surface area contributed by atoms with Crippen molar-refractivity contribution in [3.05, 3.63) is 29.8 Å². The van der Waals surface area contributed by atoms with Crippen molar-refractivity contribution >= 4 is 11.9 Å². The van der Waals surface area contributed by atoms with E-state index in [2.05, 4.69) is 20.3 Å². The topological polar surface area (TPSA) is 85.2 Å². The van der Waals surface area contributed by atoms with Crippen molar-refractivity contribution in [3.8, 4) is 5.82 Å². The Hall–Kier alpha value is -2.64. The first kappa shape index (κ1) is 18.2. The summed E-state index contributed by atoms with van der Waals surface area (Å²) in [7, 11) is 0. The molecule has 8 nitrogen and oxygen atoms in total. The van der Waals surface area contributed by atoms with Gasteiger partial charge >= 0.3 is 6.09 Å². The first-order valence-electron chi connectivity index (χ1n) is 8.81.